The van der Waals surface area contributed by atoms with Gasteiger partial charge in [0.05, 0.1) is 27.8 Å². The summed E-state index contributed by atoms with van der Waals surface area (Å²) in [7, 11) is 0. The Kier molecular flexibility index (Phi) is 4.08. The third-order valence-electron chi connectivity index (χ3n) is 3.22. The highest BCUT2D eigenvalue weighted by Gasteiger charge is 2.17. The molecular formula is C15H15N3O2S2. The van der Waals surface area contributed by atoms with E-state index in [1.165, 1.54) is 0 Å². The van der Waals surface area contributed by atoms with Crippen molar-refractivity contribution in [2.45, 2.75) is 27.3 Å². The Bertz CT molecular complexity index is 797. The van der Waals surface area contributed by atoms with E-state index in [1.54, 1.807) is 36.5 Å². The first-order chi connectivity index (χ1) is 10.5. The van der Waals surface area contributed by atoms with Gasteiger partial charge in [0.2, 0.25) is 0 Å². The molecule has 3 aromatic heterocycles. The molecule has 0 aromatic carbocycles. The van der Waals surface area contributed by atoms with E-state index >= 15 is 0 Å². The fourth-order valence-corrected chi connectivity index (χ4v) is 3.75. The van der Waals surface area contributed by atoms with Gasteiger partial charge in [0.25, 0.3) is 5.91 Å². The molecule has 22 heavy (non-hydrogen) atoms. The molecular weight excluding hydrogens is 318 g/mol. The summed E-state index contributed by atoms with van der Waals surface area (Å²) in [4.78, 5) is 18.9. The number of amides is 1. The van der Waals surface area contributed by atoms with Crippen molar-refractivity contribution in [2.24, 2.45) is 0 Å². The highest BCUT2D eigenvalue weighted by molar-refractivity contribution is 7.16. The van der Waals surface area contributed by atoms with Crippen molar-refractivity contribution < 1.29 is 9.32 Å². The number of carbonyl (C=O) groups is 1. The van der Waals surface area contributed by atoms with E-state index in [9.17, 15) is 4.79 Å². The van der Waals surface area contributed by atoms with Crippen molar-refractivity contribution in [1.82, 2.24) is 15.5 Å². The van der Waals surface area contributed by atoms with E-state index in [0.29, 0.717) is 23.6 Å². The van der Waals surface area contributed by atoms with E-state index in [1.807, 2.05) is 24.4 Å². The average Bonchev–Trinajstić information content (AvgIpc) is 3.17. The van der Waals surface area contributed by atoms with E-state index < -0.39 is 0 Å². The molecule has 114 valence electrons. The number of thiophene rings is 1. The van der Waals surface area contributed by atoms with Crippen LogP contribution in [0.15, 0.2) is 22.0 Å². The summed E-state index contributed by atoms with van der Waals surface area (Å²) in [6.07, 6.45) is 0. The maximum Gasteiger partial charge on any atom is 0.257 e. The lowest BCUT2D eigenvalue weighted by molar-refractivity contribution is 0.0949. The van der Waals surface area contributed by atoms with Crippen LogP contribution < -0.4 is 5.32 Å². The highest BCUT2D eigenvalue weighted by atomic mass is 32.1. The third-order valence-corrected chi connectivity index (χ3v) is 5.10. The molecule has 0 spiro atoms. The Labute approximate surface area is 136 Å². The number of nitrogens with one attached hydrogen (secondary N) is 1. The van der Waals surface area contributed by atoms with E-state index in [0.717, 1.165) is 20.5 Å². The monoisotopic (exact) mass is 333 g/mol. The molecule has 0 fully saturated rings. The second kappa shape index (κ2) is 6.02. The van der Waals surface area contributed by atoms with Gasteiger partial charge >= 0.3 is 0 Å². The van der Waals surface area contributed by atoms with Crippen LogP contribution >= 0.6 is 22.7 Å². The number of hydrogen-bond donors (Lipinski definition) is 1. The molecule has 0 radical (unpaired) electrons. The van der Waals surface area contributed by atoms with Gasteiger partial charge in [0, 0.05) is 10.3 Å². The molecule has 1 amide bonds. The van der Waals surface area contributed by atoms with Gasteiger partial charge in [-0.2, -0.15) is 0 Å². The average molecular weight is 333 g/mol. The lowest BCUT2D eigenvalue weighted by Crippen LogP contribution is -2.23. The minimum Gasteiger partial charge on any atom is -0.361 e. The first-order valence-corrected chi connectivity index (χ1v) is 8.46. The molecule has 1 N–H and O–H groups in total. The van der Waals surface area contributed by atoms with Gasteiger partial charge in [-0.15, -0.1) is 22.7 Å². The zero-order valence-corrected chi connectivity index (χ0v) is 14.1. The van der Waals surface area contributed by atoms with Crippen LogP contribution in [0.2, 0.25) is 0 Å². The van der Waals surface area contributed by atoms with Crippen molar-refractivity contribution in [1.29, 1.82) is 0 Å². The van der Waals surface area contributed by atoms with E-state index in [2.05, 4.69) is 15.5 Å². The number of carbonyl (C=O) groups excluding carboxylic acids is 1. The molecule has 0 atom stereocenters. The van der Waals surface area contributed by atoms with Gasteiger partial charge in [0.15, 0.2) is 0 Å². The molecule has 3 aromatic rings. The van der Waals surface area contributed by atoms with Crippen LogP contribution in [0, 0.1) is 20.8 Å². The minimum absolute atomic E-state index is 0.157. The van der Waals surface area contributed by atoms with Gasteiger partial charge in [-0.25, -0.2) is 4.98 Å². The fourth-order valence-electron chi connectivity index (χ4n) is 2.15. The van der Waals surface area contributed by atoms with Crippen LogP contribution in [0.1, 0.15) is 31.7 Å². The summed E-state index contributed by atoms with van der Waals surface area (Å²) in [6.45, 7) is 5.98. The maximum atomic E-state index is 12.2. The summed E-state index contributed by atoms with van der Waals surface area (Å²) >= 11 is 3.27. The van der Waals surface area contributed by atoms with Crippen LogP contribution in [-0.2, 0) is 6.54 Å². The first-order valence-electron chi connectivity index (χ1n) is 6.77. The Morgan fingerprint density at radius 1 is 1.32 bits per heavy atom. The summed E-state index contributed by atoms with van der Waals surface area (Å²) in [5.41, 5.74) is 2.13. The molecule has 7 heteroatoms. The zero-order valence-electron chi connectivity index (χ0n) is 12.5. The Balaban J connectivity index is 1.67. The lowest BCUT2D eigenvalue weighted by Gasteiger charge is -2.02. The molecule has 0 aliphatic carbocycles. The van der Waals surface area contributed by atoms with Gasteiger partial charge in [0.1, 0.15) is 11.3 Å². The minimum atomic E-state index is -0.157. The lowest BCUT2D eigenvalue weighted by atomic mass is 10.2. The zero-order chi connectivity index (χ0) is 15.7. The molecule has 0 saturated heterocycles. The van der Waals surface area contributed by atoms with Crippen LogP contribution in [0.4, 0.5) is 0 Å². The summed E-state index contributed by atoms with van der Waals surface area (Å²) in [5, 5.41) is 9.81. The number of thiazole rings is 1. The van der Waals surface area contributed by atoms with Gasteiger partial charge < -0.3 is 9.84 Å². The van der Waals surface area contributed by atoms with Gasteiger partial charge in [-0.05, 0) is 32.9 Å². The quantitative estimate of drug-likeness (QED) is 0.790. The van der Waals surface area contributed by atoms with Gasteiger partial charge in [-0.1, -0.05) is 5.16 Å². The summed E-state index contributed by atoms with van der Waals surface area (Å²) < 4.78 is 5.02. The number of nitrogens with zero attached hydrogens (tertiary/aromatic N) is 2. The second-order valence-electron chi connectivity index (χ2n) is 4.90. The van der Waals surface area contributed by atoms with Crippen molar-refractivity contribution in [3.05, 3.63) is 44.4 Å². The van der Waals surface area contributed by atoms with E-state index in [-0.39, 0.29) is 5.91 Å². The molecule has 0 unspecified atom stereocenters. The predicted molar refractivity (Wildman–Crippen MR) is 87.3 cm³/mol. The molecule has 5 nitrogen and oxygen atoms in total. The normalized spacial score (nSPS) is 10.9. The van der Waals surface area contributed by atoms with Crippen molar-refractivity contribution in [2.75, 3.05) is 0 Å². The SMILES string of the molecule is Cc1nc(-c2ccc(CNC(=O)c3c(C)noc3C)s2)cs1. The van der Waals surface area contributed by atoms with Crippen molar-refractivity contribution in [3.8, 4) is 10.6 Å². The summed E-state index contributed by atoms with van der Waals surface area (Å²) in [5.74, 6) is 0.385. The van der Waals surface area contributed by atoms with Crippen molar-refractivity contribution >= 4 is 28.6 Å². The van der Waals surface area contributed by atoms with Crippen LogP contribution in [0.5, 0.6) is 0 Å². The molecule has 3 heterocycles. The number of hydrogen-bond acceptors (Lipinski definition) is 6. The largest absolute Gasteiger partial charge is 0.361 e. The smallest absolute Gasteiger partial charge is 0.257 e. The number of aromatic nitrogens is 2. The molecule has 0 saturated carbocycles. The Morgan fingerprint density at radius 3 is 2.77 bits per heavy atom. The van der Waals surface area contributed by atoms with E-state index in [4.69, 9.17) is 4.52 Å². The second-order valence-corrected chi connectivity index (χ2v) is 7.13. The first kappa shape index (κ1) is 14.9. The van der Waals surface area contributed by atoms with Gasteiger partial charge in [-0.3, -0.25) is 4.79 Å². The number of aryl methyl sites for hydroxylation is 3. The fraction of sp³-hybridized carbons (Fsp3) is 0.267. The van der Waals surface area contributed by atoms with Crippen LogP contribution in [-0.4, -0.2) is 16.0 Å². The summed E-state index contributed by atoms with van der Waals surface area (Å²) in [6, 6.07) is 4.05. The van der Waals surface area contributed by atoms with Crippen LogP contribution in [0.25, 0.3) is 10.6 Å². The standard InChI is InChI=1S/C15H15N3O2S2/c1-8-14(9(2)20-18-8)15(19)16-6-11-4-5-13(22-11)12-7-21-10(3)17-12/h4-5,7H,6H2,1-3H3,(H,16,19). The molecule has 0 aliphatic heterocycles. The number of rotatable bonds is 4. The maximum absolute atomic E-state index is 12.2. The Hall–Kier alpha value is -1.99. The Morgan fingerprint density at radius 2 is 2.14 bits per heavy atom. The predicted octanol–water partition coefficient (Wildman–Crippen LogP) is 3.71. The molecule has 3 rings (SSSR count). The highest BCUT2D eigenvalue weighted by Crippen LogP contribution is 2.29. The van der Waals surface area contributed by atoms with Crippen molar-refractivity contribution in [3.63, 3.8) is 0 Å². The van der Waals surface area contributed by atoms with Crippen LogP contribution in [0.3, 0.4) is 0 Å². The molecule has 0 bridgehead atoms. The molecule has 0 aliphatic rings. The third kappa shape index (κ3) is 2.95. The topological polar surface area (TPSA) is 68.0 Å².